The summed E-state index contributed by atoms with van der Waals surface area (Å²) in [5.41, 5.74) is 8.44. The summed E-state index contributed by atoms with van der Waals surface area (Å²) in [5.74, 6) is 1.26. The highest BCUT2D eigenvalue weighted by molar-refractivity contribution is 5.44. The molecule has 0 amide bonds. The minimum absolute atomic E-state index is 0.426. The fourth-order valence-electron chi connectivity index (χ4n) is 1.59. The Hall–Kier alpha value is -1.84. The number of hydrogen-bond donors (Lipinski definition) is 1. The van der Waals surface area contributed by atoms with Crippen molar-refractivity contribution in [2.75, 3.05) is 5.73 Å². The second kappa shape index (κ2) is 3.96. The fraction of sp³-hybridized carbons (Fsp3) is 0.333. The minimum Gasteiger partial charge on any atom is -0.397 e. The summed E-state index contributed by atoms with van der Waals surface area (Å²) in [6.45, 7) is 6.22. The predicted octanol–water partition coefficient (Wildman–Crippen LogP) is 2.28. The zero-order valence-electron chi connectivity index (χ0n) is 9.81. The van der Waals surface area contributed by atoms with Gasteiger partial charge in [0.2, 0.25) is 0 Å². The number of nitrogens with zero attached hydrogens (tertiary/aromatic N) is 3. The molecule has 2 heterocycles. The van der Waals surface area contributed by atoms with Crippen molar-refractivity contribution in [1.29, 1.82) is 0 Å². The highest BCUT2D eigenvalue weighted by Gasteiger charge is 2.07. The van der Waals surface area contributed by atoms with Crippen molar-refractivity contribution in [3.63, 3.8) is 0 Å². The average Bonchev–Trinajstić information content (AvgIpc) is 2.66. The third-order valence-corrected chi connectivity index (χ3v) is 2.49. The maximum absolute atomic E-state index is 5.67. The molecule has 0 unspecified atom stereocenters. The van der Waals surface area contributed by atoms with Crippen molar-refractivity contribution in [1.82, 2.24) is 14.8 Å². The lowest BCUT2D eigenvalue weighted by molar-refractivity contribution is 0.755. The number of anilines is 1. The molecule has 0 spiro atoms. The van der Waals surface area contributed by atoms with Crippen LogP contribution < -0.4 is 5.73 Å². The number of aromatic nitrogens is 3. The van der Waals surface area contributed by atoms with E-state index in [4.69, 9.17) is 5.73 Å². The summed E-state index contributed by atoms with van der Waals surface area (Å²) < 4.78 is 1.80. The Bertz CT molecular complexity index is 499. The van der Waals surface area contributed by atoms with E-state index >= 15 is 0 Å². The van der Waals surface area contributed by atoms with Crippen molar-refractivity contribution in [3.8, 4) is 5.82 Å². The molecule has 0 fully saturated rings. The van der Waals surface area contributed by atoms with Gasteiger partial charge in [-0.3, -0.25) is 0 Å². The number of pyridine rings is 1. The quantitative estimate of drug-likeness (QED) is 0.837. The maximum Gasteiger partial charge on any atom is 0.156 e. The fourth-order valence-corrected chi connectivity index (χ4v) is 1.59. The molecule has 84 valence electrons. The molecule has 0 saturated heterocycles. The van der Waals surface area contributed by atoms with Crippen molar-refractivity contribution >= 4 is 5.69 Å². The van der Waals surface area contributed by atoms with Gasteiger partial charge < -0.3 is 5.73 Å². The first-order chi connectivity index (χ1) is 7.58. The number of hydrogen-bond acceptors (Lipinski definition) is 3. The summed E-state index contributed by atoms with van der Waals surface area (Å²) in [6, 6.07) is 3.92. The van der Waals surface area contributed by atoms with E-state index in [-0.39, 0.29) is 0 Å². The van der Waals surface area contributed by atoms with E-state index in [1.807, 2.05) is 25.3 Å². The Morgan fingerprint density at radius 1 is 1.38 bits per heavy atom. The van der Waals surface area contributed by atoms with Crippen LogP contribution in [-0.4, -0.2) is 14.8 Å². The van der Waals surface area contributed by atoms with Gasteiger partial charge in [-0.25, -0.2) is 9.67 Å². The van der Waals surface area contributed by atoms with Crippen LogP contribution in [0.25, 0.3) is 5.82 Å². The van der Waals surface area contributed by atoms with E-state index in [1.54, 1.807) is 10.9 Å². The average molecular weight is 216 g/mol. The highest BCUT2D eigenvalue weighted by atomic mass is 15.3. The molecule has 0 atom stereocenters. The largest absolute Gasteiger partial charge is 0.397 e. The molecule has 4 heteroatoms. The van der Waals surface area contributed by atoms with E-state index in [0.29, 0.717) is 11.6 Å². The summed E-state index contributed by atoms with van der Waals surface area (Å²) in [7, 11) is 0. The molecule has 2 aromatic rings. The second-order valence-corrected chi connectivity index (χ2v) is 4.25. The zero-order valence-corrected chi connectivity index (χ0v) is 9.81. The SMILES string of the molecule is Cc1cc(N)cnc1-n1ccc(C(C)C)n1. The molecule has 0 aliphatic heterocycles. The third-order valence-electron chi connectivity index (χ3n) is 2.49. The normalized spacial score (nSPS) is 11.0. The third kappa shape index (κ3) is 1.91. The van der Waals surface area contributed by atoms with Crippen LogP contribution in [0.2, 0.25) is 0 Å². The van der Waals surface area contributed by atoms with Crippen LogP contribution in [0.15, 0.2) is 24.5 Å². The first-order valence-electron chi connectivity index (χ1n) is 5.36. The van der Waals surface area contributed by atoms with Gasteiger partial charge in [0, 0.05) is 6.20 Å². The molecular formula is C12H16N4. The standard InChI is InChI=1S/C12H16N4/c1-8(2)11-4-5-16(15-11)12-9(3)6-10(13)7-14-12/h4-8H,13H2,1-3H3. The molecule has 0 saturated carbocycles. The number of aryl methyl sites for hydroxylation is 1. The molecule has 0 bridgehead atoms. The van der Waals surface area contributed by atoms with Crippen LogP contribution in [0.1, 0.15) is 31.0 Å². The van der Waals surface area contributed by atoms with Crippen molar-refractivity contribution in [2.45, 2.75) is 26.7 Å². The molecule has 2 rings (SSSR count). The van der Waals surface area contributed by atoms with E-state index < -0.39 is 0 Å². The molecule has 2 N–H and O–H groups in total. The van der Waals surface area contributed by atoms with E-state index in [0.717, 1.165) is 17.1 Å². The van der Waals surface area contributed by atoms with Gasteiger partial charge in [0.15, 0.2) is 5.82 Å². The Morgan fingerprint density at radius 3 is 2.69 bits per heavy atom. The lowest BCUT2D eigenvalue weighted by Crippen LogP contribution is -2.03. The van der Waals surface area contributed by atoms with Crippen molar-refractivity contribution in [2.24, 2.45) is 0 Å². The van der Waals surface area contributed by atoms with E-state index in [2.05, 4.69) is 23.9 Å². The Balaban J connectivity index is 2.42. The first kappa shape index (κ1) is 10.7. The van der Waals surface area contributed by atoms with Gasteiger partial charge in [-0.05, 0) is 30.5 Å². The van der Waals surface area contributed by atoms with Crippen LogP contribution in [0.3, 0.4) is 0 Å². The molecule has 0 aliphatic rings. The van der Waals surface area contributed by atoms with Gasteiger partial charge in [-0.1, -0.05) is 13.8 Å². The van der Waals surface area contributed by atoms with Crippen LogP contribution in [0.4, 0.5) is 5.69 Å². The molecule has 2 aromatic heterocycles. The van der Waals surface area contributed by atoms with Gasteiger partial charge in [-0.2, -0.15) is 5.10 Å². The lowest BCUT2D eigenvalue weighted by atomic mass is 10.1. The van der Waals surface area contributed by atoms with Crippen molar-refractivity contribution in [3.05, 3.63) is 35.8 Å². The number of rotatable bonds is 2. The van der Waals surface area contributed by atoms with Gasteiger partial charge in [0.25, 0.3) is 0 Å². The van der Waals surface area contributed by atoms with Crippen LogP contribution >= 0.6 is 0 Å². The monoisotopic (exact) mass is 216 g/mol. The smallest absolute Gasteiger partial charge is 0.156 e. The van der Waals surface area contributed by atoms with Crippen LogP contribution in [0, 0.1) is 6.92 Å². The van der Waals surface area contributed by atoms with Crippen LogP contribution in [0.5, 0.6) is 0 Å². The molecule has 0 aromatic carbocycles. The summed E-state index contributed by atoms with van der Waals surface area (Å²) in [4.78, 5) is 4.30. The predicted molar refractivity (Wildman–Crippen MR) is 64.6 cm³/mol. The molecular weight excluding hydrogens is 200 g/mol. The summed E-state index contributed by atoms with van der Waals surface area (Å²) in [6.07, 6.45) is 3.58. The molecule has 16 heavy (non-hydrogen) atoms. The Morgan fingerprint density at radius 2 is 2.12 bits per heavy atom. The maximum atomic E-state index is 5.67. The molecule has 0 radical (unpaired) electrons. The second-order valence-electron chi connectivity index (χ2n) is 4.25. The number of nitrogen functional groups attached to an aromatic ring is 1. The van der Waals surface area contributed by atoms with Gasteiger partial charge >= 0.3 is 0 Å². The topological polar surface area (TPSA) is 56.7 Å². The van der Waals surface area contributed by atoms with Crippen molar-refractivity contribution < 1.29 is 0 Å². The molecule has 0 aliphatic carbocycles. The minimum atomic E-state index is 0.426. The Kier molecular flexibility index (Phi) is 2.64. The highest BCUT2D eigenvalue weighted by Crippen LogP contribution is 2.16. The van der Waals surface area contributed by atoms with Gasteiger partial charge in [-0.15, -0.1) is 0 Å². The lowest BCUT2D eigenvalue weighted by Gasteiger charge is -2.05. The van der Waals surface area contributed by atoms with E-state index in [1.165, 1.54) is 0 Å². The van der Waals surface area contributed by atoms with Crippen LogP contribution in [-0.2, 0) is 0 Å². The number of nitrogens with two attached hydrogens (primary N) is 1. The van der Waals surface area contributed by atoms with E-state index in [9.17, 15) is 0 Å². The first-order valence-corrected chi connectivity index (χ1v) is 5.36. The Labute approximate surface area is 95.1 Å². The van der Waals surface area contributed by atoms with Gasteiger partial charge in [0.1, 0.15) is 0 Å². The summed E-state index contributed by atoms with van der Waals surface area (Å²) in [5, 5.41) is 4.48. The zero-order chi connectivity index (χ0) is 11.7. The van der Waals surface area contributed by atoms with Gasteiger partial charge in [0.05, 0.1) is 17.6 Å². The molecule has 4 nitrogen and oxygen atoms in total. The summed E-state index contributed by atoms with van der Waals surface area (Å²) >= 11 is 0.